The van der Waals surface area contributed by atoms with Crippen LogP contribution in [0.1, 0.15) is 31.2 Å². The van der Waals surface area contributed by atoms with Gasteiger partial charge in [0, 0.05) is 56.4 Å². The third-order valence-corrected chi connectivity index (χ3v) is 9.04. The molecule has 0 atom stereocenters. The van der Waals surface area contributed by atoms with Gasteiger partial charge in [-0.3, -0.25) is 0 Å². The van der Waals surface area contributed by atoms with Gasteiger partial charge in [-0.05, 0) is 68.1 Å². The number of aromatic nitrogens is 2. The van der Waals surface area contributed by atoms with Crippen LogP contribution in [-0.2, 0) is 16.0 Å². The monoisotopic (exact) mass is 629 g/mol. The molecule has 0 amide bonds. The van der Waals surface area contributed by atoms with Crippen LogP contribution in [0.15, 0.2) is 65.8 Å². The number of hydrogen-bond donors (Lipinski definition) is 1. The molecule has 1 aromatic carbocycles. The molecule has 2 aromatic heterocycles. The maximum atomic E-state index is 12.8. The molecular formula is C28H29F6N5O3S. The smallest absolute Gasteiger partial charge is 0.490 e. The summed E-state index contributed by atoms with van der Waals surface area (Å²) >= 11 is 0. The van der Waals surface area contributed by atoms with Gasteiger partial charge in [-0.1, -0.05) is 0 Å². The summed E-state index contributed by atoms with van der Waals surface area (Å²) in [4.78, 5) is 11.7. The van der Waals surface area contributed by atoms with E-state index in [4.69, 9.17) is 4.74 Å². The Morgan fingerprint density at radius 3 is 1.98 bits per heavy atom. The lowest BCUT2D eigenvalue weighted by molar-refractivity contribution is -0.137. The second-order valence-electron chi connectivity index (χ2n) is 10.4. The first kappa shape index (κ1) is 30.7. The maximum absolute atomic E-state index is 12.8. The Kier molecular flexibility index (Phi) is 8.63. The van der Waals surface area contributed by atoms with Crippen molar-refractivity contribution >= 4 is 27.2 Å². The number of ether oxygens (including phenoxy) is 1. The Bertz CT molecular complexity index is 1490. The number of nitrogens with one attached hydrogen (secondary N) is 1. The van der Waals surface area contributed by atoms with Crippen LogP contribution in [0.25, 0.3) is 0 Å². The second-order valence-corrected chi connectivity index (χ2v) is 12.4. The van der Waals surface area contributed by atoms with Crippen LogP contribution in [0, 0.1) is 0 Å². The van der Waals surface area contributed by atoms with Crippen molar-refractivity contribution < 1.29 is 39.5 Å². The molecule has 1 aliphatic carbocycles. The third-order valence-electron chi connectivity index (χ3n) is 7.54. The van der Waals surface area contributed by atoms with Crippen molar-refractivity contribution in [3.8, 4) is 5.75 Å². The number of anilines is 3. The fraction of sp³-hybridized carbons (Fsp3) is 0.429. The lowest BCUT2D eigenvalue weighted by Gasteiger charge is -2.36. The summed E-state index contributed by atoms with van der Waals surface area (Å²) in [7, 11) is -5.38. The quantitative estimate of drug-likeness (QED) is 0.323. The van der Waals surface area contributed by atoms with Crippen molar-refractivity contribution in [2.24, 2.45) is 0 Å². The molecule has 1 saturated carbocycles. The molecule has 2 aliphatic rings. The van der Waals surface area contributed by atoms with Crippen LogP contribution in [-0.4, -0.2) is 62.2 Å². The zero-order valence-corrected chi connectivity index (χ0v) is 23.6. The lowest BCUT2D eigenvalue weighted by Crippen LogP contribution is -2.47. The SMILES string of the molecule is O=S(=O)(c1ccc(N[C@H]2CC[C@H](Oc3ccnc(N4CCN(c5ccc(C(F)(F)F)cn5)CC4)c3)CC2)cc1)C(F)(F)F. The van der Waals surface area contributed by atoms with E-state index < -0.39 is 32.0 Å². The molecule has 0 radical (unpaired) electrons. The van der Waals surface area contributed by atoms with E-state index in [0.29, 0.717) is 43.4 Å². The molecular weight excluding hydrogens is 600 g/mol. The average molecular weight is 630 g/mol. The molecule has 5 rings (SSSR count). The third kappa shape index (κ3) is 7.25. The predicted molar refractivity (Wildman–Crippen MR) is 148 cm³/mol. The highest BCUT2D eigenvalue weighted by molar-refractivity contribution is 7.92. The minimum Gasteiger partial charge on any atom is -0.490 e. The summed E-state index contributed by atoms with van der Waals surface area (Å²) in [5.41, 5.74) is -5.59. The minimum absolute atomic E-state index is 0.0322. The van der Waals surface area contributed by atoms with Gasteiger partial charge in [-0.15, -0.1) is 0 Å². The molecule has 1 saturated heterocycles. The number of alkyl halides is 6. The first-order valence-corrected chi connectivity index (χ1v) is 15.1. The Morgan fingerprint density at radius 1 is 0.791 bits per heavy atom. The summed E-state index contributed by atoms with van der Waals surface area (Å²) < 4.78 is 106. The first-order chi connectivity index (χ1) is 20.3. The summed E-state index contributed by atoms with van der Waals surface area (Å²) in [6.07, 6.45) is 1.06. The summed E-state index contributed by atoms with van der Waals surface area (Å²) in [5.74, 6) is 1.91. The molecule has 0 spiro atoms. The van der Waals surface area contributed by atoms with Crippen LogP contribution in [0.2, 0.25) is 0 Å². The van der Waals surface area contributed by atoms with E-state index in [0.717, 1.165) is 55.9 Å². The zero-order valence-electron chi connectivity index (χ0n) is 22.8. The first-order valence-electron chi connectivity index (χ1n) is 13.6. The Balaban J connectivity index is 1.09. The van der Waals surface area contributed by atoms with Crippen LogP contribution < -0.4 is 19.9 Å². The molecule has 1 N–H and O–H groups in total. The number of halogens is 6. The van der Waals surface area contributed by atoms with E-state index >= 15 is 0 Å². The van der Waals surface area contributed by atoms with Gasteiger partial charge in [0.15, 0.2) is 0 Å². The maximum Gasteiger partial charge on any atom is 0.501 e. The van der Waals surface area contributed by atoms with Gasteiger partial charge in [0.05, 0.1) is 16.6 Å². The summed E-state index contributed by atoms with van der Waals surface area (Å²) in [6, 6.07) is 10.7. The molecule has 1 aliphatic heterocycles. The van der Waals surface area contributed by atoms with Crippen molar-refractivity contribution in [1.29, 1.82) is 0 Å². The summed E-state index contributed by atoms with van der Waals surface area (Å²) in [6.45, 7) is 2.37. The van der Waals surface area contributed by atoms with Gasteiger partial charge in [-0.25, -0.2) is 18.4 Å². The molecule has 0 unspecified atom stereocenters. The average Bonchev–Trinajstić information content (AvgIpc) is 2.98. The Morgan fingerprint density at radius 2 is 1.42 bits per heavy atom. The highest BCUT2D eigenvalue weighted by Gasteiger charge is 2.46. The van der Waals surface area contributed by atoms with Crippen LogP contribution >= 0.6 is 0 Å². The van der Waals surface area contributed by atoms with Crippen molar-refractivity contribution in [2.75, 3.05) is 41.3 Å². The van der Waals surface area contributed by atoms with Crippen LogP contribution in [0.3, 0.4) is 0 Å². The fourth-order valence-corrected chi connectivity index (χ4v) is 5.93. The van der Waals surface area contributed by atoms with E-state index in [2.05, 4.69) is 20.2 Å². The molecule has 3 aromatic rings. The van der Waals surface area contributed by atoms with Gasteiger partial charge in [0.2, 0.25) is 0 Å². The van der Waals surface area contributed by atoms with Crippen molar-refractivity contribution in [3.63, 3.8) is 0 Å². The molecule has 3 heterocycles. The van der Waals surface area contributed by atoms with E-state index in [1.165, 1.54) is 18.2 Å². The summed E-state index contributed by atoms with van der Waals surface area (Å²) in [5, 5.41) is 3.25. The normalized spacial score (nSPS) is 20.1. The van der Waals surface area contributed by atoms with E-state index in [1.807, 2.05) is 11.0 Å². The number of benzene rings is 1. The molecule has 15 heteroatoms. The standard InChI is InChI=1S/C28H29F6N5O3S/c29-27(30,31)19-1-10-25(36-18-19)38-13-15-39(16-14-38)26-17-23(11-12-35-26)42-22-6-2-20(3-7-22)37-21-4-8-24(9-5-21)43(40,41)28(32,33)34/h1,4-5,8-12,17-18,20,22,37H,2-3,6-7,13-16H2/t20-,22-. The van der Waals surface area contributed by atoms with Gasteiger partial charge >= 0.3 is 11.7 Å². The number of piperazine rings is 1. The van der Waals surface area contributed by atoms with Crippen LogP contribution in [0.5, 0.6) is 5.75 Å². The lowest BCUT2D eigenvalue weighted by atomic mass is 9.92. The van der Waals surface area contributed by atoms with Crippen molar-refractivity contribution in [3.05, 3.63) is 66.5 Å². The predicted octanol–water partition coefficient (Wildman–Crippen LogP) is 5.92. The van der Waals surface area contributed by atoms with Gasteiger partial charge in [0.25, 0.3) is 9.84 Å². The Hall–Kier alpha value is -3.75. The van der Waals surface area contributed by atoms with Crippen LogP contribution in [0.4, 0.5) is 43.7 Å². The zero-order chi connectivity index (χ0) is 30.8. The molecule has 2 fully saturated rings. The van der Waals surface area contributed by atoms with Crippen molar-refractivity contribution in [2.45, 2.75) is 54.4 Å². The van der Waals surface area contributed by atoms with E-state index in [-0.39, 0.29) is 12.1 Å². The Labute approximate surface area is 244 Å². The topological polar surface area (TPSA) is 87.7 Å². The molecule has 0 bridgehead atoms. The number of pyridine rings is 2. The van der Waals surface area contributed by atoms with Crippen molar-refractivity contribution in [1.82, 2.24) is 9.97 Å². The molecule has 232 valence electrons. The fourth-order valence-electron chi connectivity index (χ4n) is 5.17. The number of sulfone groups is 1. The number of hydrogen-bond acceptors (Lipinski definition) is 8. The van der Waals surface area contributed by atoms with Gasteiger partial charge < -0.3 is 19.9 Å². The molecule has 43 heavy (non-hydrogen) atoms. The highest BCUT2D eigenvalue weighted by Crippen LogP contribution is 2.33. The minimum atomic E-state index is -5.38. The van der Waals surface area contributed by atoms with E-state index in [1.54, 1.807) is 12.3 Å². The number of nitrogens with zero attached hydrogens (tertiary/aromatic N) is 4. The van der Waals surface area contributed by atoms with Gasteiger partial charge in [0.1, 0.15) is 17.4 Å². The van der Waals surface area contributed by atoms with E-state index in [9.17, 15) is 34.8 Å². The molecule has 8 nitrogen and oxygen atoms in total. The van der Waals surface area contributed by atoms with Gasteiger partial charge in [-0.2, -0.15) is 26.3 Å². The number of rotatable bonds is 7. The highest BCUT2D eigenvalue weighted by atomic mass is 32.2. The second kappa shape index (κ2) is 12.1. The largest absolute Gasteiger partial charge is 0.501 e.